The predicted octanol–water partition coefficient (Wildman–Crippen LogP) is 4.30. The molecule has 0 radical (unpaired) electrons. The lowest BCUT2D eigenvalue weighted by atomic mass is 10.2. The summed E-state index contributed by atoms with van der Waals surface area (Å²) in [7, 11) is -3.95. The zero-order valence-electron chi connectivity index (χ0n) is 16.6. The third kappa shape index (κ3) is 6.56. The third-order valence-electron chi connectivity index (χ3n) is 4.85. The molecule has 0 bridgehead atoms. The number of anilines is 1. The van der Waals surface area contributed by atoms with E-state index in [-0.39, 0.29) is 21.4 Å². The monoisotopic (exact) mass is 576 g/mol. The average Bonchev–Trinajstić information content (AvgIpc) is 3.03. The van der Waals surface area contributed by atoms with E-state index in [1.807, 2.05) is 0 Å². The fourth-order valence-corrected chi connectivity index (χ4v) is 4.82. The van der Waals surface area contributed by atoms with Crippen molar-refractivity contribution < 1.29 is 22.7 Å². The van der Waals surface area contributed by atoms with Crippen molar-refractivity contribution in [2.24, 2.45) is 0 Å². The normalized spacial score (nSPS) is 14.6. The van der Waals surface area contributed by atoms with Crippen LogP contribution in [-0.2, 0) is 19.6 Å². The van der Waals surface area contributed by atoms with Crippen LogP contribution in [0.5, 0.6) is 0 Å². The molecule has 1 amide bonds. The average molecular weight is 577 g/mol. The minimum atomic E-state index is -3.95. The van der Waals surface area contributed by atoms with Gasteiger partial charge in [-0.2, -0.15) is 0 Å². The molecule has 1 aliphatic heterocycles. The highest BCUT2D eigenvalue weighted by Crippen LogP contribution is 2.24. The van der Waals surface area contributed by atoms with E-state index in [9.17, 15) is 18.0 Å². The summed E-state index contributed by atoms with van der Waals surface area (Å²) in [6, 6.07) is 10.6. The number of halogens is 2. The molecular formula is C21H22ClIN2O5S. The standard InChI is InChI=1S/C21H22ClIN2O5S/c22-19-10-9-17(31(28,29)24-16-7-5-15(23)6-8-16)13-18(19)21(27)30-14-20(26)25-11-3-1-2-4-12-25/h5-10,13,24H,1-4,11-12,14H2. The Bertz CT molecular complexity index is 1050. The van der Waals surface area contributed by atoms with Gasteiger partial charge in [-0.3, -0.25) is 9.52 Å². The van der Waals surface area contributed by atoms with Crippen LogP contribution in [0.2, 0.25) is 5.02 Å². The molecule has 3 rings (SSSR count). The molecule has 10 heteroatoms. The first-order chi connectivity index (χ1) is 14.8. The Hall–Kier alpha value is -1.85. The number of benzene rings is 2. The van der Waals surface area contributed by atoms with Crippen LogP contribution in [0.3, 0.4) is 0 Å². The number of esters is 1. The van der Waals surface area contributed by atoms with Gasteiger partial charge in [0, 0.05) is 22.3 Å². The van der Waals surface area contributed by atoms with Gasteiger partial charge in [-0.15, -0.1) is 0 Å². The number of nitrogens with one attached hydrogen (secondary N) is 1. The zero-order chi connectivity index (χ0) is 22.4. The third-order valence-corrected chi connectivity index (χ3v) is 7.28. The smallest absolute Gasteiger partial charge is 0.340 e. The van der Waals surface area contributed by atoms with Gasteiger partial charge < -0.3 is 9.64 Å². The number of sulfonamides is 1. The summed E-state index contributed by atoms with van der Waals surface area (Å²) in [6.07, 6.45) is 4.02. The van der Waals surface area contributed by atoms with Crippen LogP contribution in [0.15, 0.2) is 47.4 Å². The summed E-state index contributed by atoms with van der Waals surface area (Å²) >= 11 is 8.21. The Labute approximate surface area is 200 Å². The van der Waals surface area contributed by atoms with Crippen LogP contribution in [0.25, 0.3) is 0 Å². The van der Waals surface area contributed by atoms with Crippen LogP contribution >= 0.6 is 34.2 Å². The van der Waals surface area contributed by atoms with Gasteiger partial charge >= 0.3 is 5.97 Å². The number of hydrogen-bond donors (Lipinski definition) is 1. The quantitative estimate of drug-likeness (QED) is 0.409. The molecule has 1 heterocycles. The Morgan fingerprint density at radius 3 is 2.32 bits per heavy atom. The Morgan fingerprint density at radius 1 is 1.03 bits per heavy atom. The second-order valence-electron chi connectivity index (χ2n) is 7.13. The summed E-state index contributed by atoms with van der Waals surface area (Å²) in [5.41, 5.74) is 0.276. The molecule has 0 spiro atoms. The lowest BCUT2D eigenvalue weighted by Crippen LogP contribution is -2.35. The number of nitrogens with zero attached hydrogens (tertiary/aromatic N) is 1. The van der Waals surface area contributed by atoms with Crippen LogP contribution in [0.4, 0.5) is 5.69 Å². The van der Waals surface area contributed by atoms with Crippen LogP contribution < -0.4 is 4.72 Å². The van der Waals surface area contributed by atoms with Crippen molar-refractivity contribution in [1.29, 1.82) is 0 Å². The summed E-state index contributed by atoms with van der Waals surface area (Å²) in [4.78, 5) is 26.4. The molecule has 0 aliphatic carbocycles. The van der Waals surface area contributed by atoms with E-state index in [0.717, 1.165) is 35.3 Å². The largest absolute Gasteiger partial charge is 0.452 e. The first kappa shape index (κ1) is 23.8. The second kappa shape index (κ2) is 10.6. The fraction of sp³-hybridized carbons (Fsp3) is 0.333. The lowest BCUT2D eigenvalue weighted by molar-refractivity contribution is -0.134. The van der Waals surface area contributed by atoms with Crippen LogP contribution in [0.1, 0.15) is 36.0 Å². The molecule has 1 aliphatic rings. The van der Waals surface area contributed by atoms with Gasteiger partial charge in [0.25, 0.3) is 15.9 Å². The Balaban J connectivity index is 1.70. The highest BCUT2D eigenvalue weighted by molar-refractivity contribution is 14.1. The van der Waals surface area contributed by atoms with E-state index in [0.29, 0.717) is 18.8 Å². The summed E-state index contributed by atoms with van der Waals surface area (Å²) in [6.45, 7) is 0.886. The number of hydrogen-bond acceptors (Lipinski definition) is 5. The van der Waals surface area contributed by atoms with Gasteiger partial charge in [0.05, 0.1) is 15.5 Å². The maximum Gasteiger partial charge on any atom is 0.340 e. The maximum absolute atomic E-state index is 12.7. The summed E-state index contributed by atoms with van der Waals surface area (Å²) in [5, 5.41) is 0.0421. The zero-order valence-corrected chi connectivity index (χ0v) is 20.4. The summed E-state index contributed by atoms with van der Waals surface area (Å²) in [5.74, 6) is -1.12. The fourth-order valence-electron chi connectivity index (χ4n) is 3.18. The predicted molar refractivity (Wildman–Crippen MR) is 127 cm³/mol. The molecule has 0 aromatic heterocycles. The minimum absolute atomic E-state index is 0.0421. The first-order valence-electron chi connectivity index (χ1n) is 9.79. The van der Waals surface area contributed by atoms with E-state index >= 15 is 0 Å². The van der Waals surface area contributed by atoms with Crippen molar-refractivity contribution in [3.05, 3.63) is 56.6 Å². The van der Waals surface area contributed by atoms with Gasteiger partial charge in [0.2, 0.25) is 0 Å². The Morgan fingerprint density at radius 2 is 1.68 bits per heavy atom. The number of carbonyl (C=O) groups excluding carboxylic acids is 2. The lowest BCUT2D eigenvalue weighted by Gasteiger charge is -2.20. The first-order valence-corrected chi connectivity index (χ1v) is 12.7. The van der Waals surface area contributed by atoms with Crippen molar-refractivity contribution >= 4 is 61.8 Å². The number of ether oxygens (including phenoxy) is 1. The van der Waals surface area contributed by atoms with Crippen molar-refractivity contribution in [3.8, 4) is 0 Å². The Kier molecular flexibility index (Phi) is 8.17. The highest BCUT2D eigenvalue weighted by Gasteiger charge is 2.22. The van der Waals surface area contributed by atoms with E-state index in [2.05, 4.69) is 27.3 Å². The number of rotatable bonds is 6. The molecule has 1 saturated heterocycles. The van der Waals surface area contributed by atoms with Gasteiger partial charge in [0.1, 0.15) is 0 Å². The molecule has 1 fully saturated rings. The SMILES string of the molecule is O=C(OCC(=O)N1CCCCCC1)c1cc(S(=O)(=O)Nc2ccc(I)cc2)ccc1Cl. The minimum Gasteiger partial charge on any atom is -0.452 e. The van der Waals surface area contributed by atoms with Crippen molar-refractivity contribution in [2.75, 3.05) is 24.4 Å². The van der Waals surface area contributed by atoms with Gasteiger partial charge in [-0.1, -0.05) is 24.4 Å². The molecule has 2 aromatic rings. The van der Waals surface area contributed by atoms with Crippen molar-refractivity contribution in [2.45, 2.75) is 30.6 Å². The van der Waals surface area contributed by atoms with Crippen molar-refractivity contribution in [3.63, 3.8) is 0 Å². The van der Waals surface area contributed by atoms with E-state index < -0.39 is 22.6 Å². The summed E-state index contributed by atoms with van der Waals surface area (Å²) < 4.78 is 34.0. The topological polar surface area (TPSA) is 92.8 Å². The van der Waals surface area contributed by atoms with E-state index in [4.69, 9.17) is 16.3 Å². The van der Waals surface area contributed by atoms with Crippen molar-refractivity contribution in [1.82, 2.24) is 4.90 Å². The molecule has 0 atom stereocenters. The number of likely N-dealkylation sites (tertiary alicyclic amines) is 1. The molecule has 166 valence electrons. The maximum atomic E-state index is 12.7. The second-order valence-corrected chi connectivity index (χ2v) is 10.5. The van der Waals surface area contributed by atoms with E-state index in [1.165, 1.54) is 12.1 Å². The molecule has 0 saturated carbocycles. The number of amides is 1. The molecule has 0 unspecified atom stereocenters. The molecule has 31 heavy (non-hydrogen) atoms. The van der Waals surface area contributed by atoms with E-state index in [1.54, 1.807) is 29.2 Å². The van der Waals surface area contributed by atoms with Crippen LogP contribution in [-0.4, -0.2) is 44.9 Å². The van der Waals surface area contributed by atoms with Gasteiger partial charge in [0.15, 0.2) is 6.61 Å². The molecule has 1 N–H and O–H groups in total. The molecule has 2 aromatic carbocycles. The highest BCUT2D eigenvalue weighted by atomic mass is 127. The van der Waals surface area contributed by atoms with Gasteiger partial charge in [-0.25, -0.2) is 13.2 Å². The molecular weight excluding hydrogens is 555 g/mol. The molecule has 7 nitrogen and oxygen atoms in total. The number of carbonyl (C=O) groups is 2. The van der Waals surface area contributed by atoms with Gasteiger partial charge in [-0.05, 0) is 77.9 Å². The van der Waals surface area contributed by atoms with Crippen LogP contribution in [0, 0.1) is 3.57 Å².